The number of carbonyl (C=O) groups excluding carboxylic acids is 1. The molecule has 0 aliphatic carbocycles. The molecule has 0 atom stereocenters. The molecule has 9 heteroatoms. The van der Waals surface area contributed by atoms with E-state index < -0.39 is 4.92 Å². The zero-order valence-corrected chi connectivity index (χ0v) is 14.2. The van der Waals surface area contributed by atoms with Gasteiger partial charge in [0.05, 0.1) is 4.92 Å². The molecule has 0 N–H and O–H groups in total. The molecule has 0 bridgehead atoms. The number of carbonyl (C=O) groups is 1. The predicted molar refractivity (Wildman–Crippen MR) is 90.3 cm³/mol. The molecule has 2 rings (SSSR count). The van der Waals surface area contributed by atoms with E-state index in [1.54, 1.807) is 24.3 Å². The Hall–Kier alpha value is -2.74. The molecule has 0 saturated heterocycles. The summed E-state index contributed by atoms with van der Waals surface area (Å²) in [6.07, 6.45) is 3.30. The van der Waals surface area contributed by atoms with Crippen molar-refractivity contribution in [2.45, 2.75) is 6.54 Å². The number of hydrogen-bond donors (Lipinski definition) is 0. The van der Waals surface area contributed by atoms with Crippen LogP contribution < -0.4 is 4.90 Å². The molecule has 0 saturated carbocycles. The first-order chi connectivity index (χ1) is 11.3. The summed E-state index contributed by atoms with van der Waals surface area (Å²) in [4.78, 5) is 34.2. The van der Waals surface area contributed by atoms with Gasteiger partial charge in [-0.3, -0.25) is 14.9 Å². The van der Waals surface area contributed by atoms with Crippen molar-refractivity contribution < 1.29 is 9.72 Å². The fourth-order valence-electron chi connectivity index (χ4n) is 2.01. The van der Waals surface area contributed by atoms with Crippen molar-refractivity contribution in [2.24, 2.45) is 0 Å². The van der Waals surface area contributed by atoms with Crippen LogP contribution in [0.1, 0.15) is 15.9 Å². The lowest BCUT2D eigenvalue weighted by atomic mass is 10.1. The number of benzene rings is 1. The van der Waals surface area contributed by atoms with Gasteiger partial charge >= 0.3 is 0 Å². The largest absolute Gasteiger partial charge is 0.347 e. The third-order valence-electron chi connectivity index (χ3n) is 3.25. The zero-order valence-electron chi connectivity index (χ0n) is 13.4. The first-order valence-electron chi connectivity index (χ1n) is 6.97. The first kappa shape index (κ1) is 17.6. The van der Waals surface area contributed by atoms with Crippen LogP contribution in [0, 0.1) is 10.1 Å². The van der Waals surface area contributed by atoms with Gasteiger partial charge in [0.15, 0.2) is 0 Å². The number of nitro groups is 1. The lowest BCUT2D eigenvalue weighted by molar-refractivity contribution is -0.384. The molecule has 126 valence electrons. The van der Waals surface area contributed by atoms with Crippen LogP contribution in [-0.4, -0.2) is 46.8 Å². The third-order valence-corrected chi connectivity index (χ3v) is 3.55. The average molecular weight is 350 g/mol. The van der Waals surface area contributed by atoms with Crippen LogP contribution in [0.2, 0.25) is 5.02 Å². The molecular weight excluding hydrogens is 334 g/mol. The summed E-state index contributed by atoms with van der Waals surface area (Å²) < 4.78 is 0. The molecule has 0 fully saturated rings. The minimum atomic E-state index is -0.593. The predicted octanol–water partition coefficient (Wildman–Crippen LogP) is 2.38. The van der Waals surface area contributed by atoms with E-state index >= 15 is 0 Å². The first-order valence-corrected chi connectivity index (χ1v) is 7.35. The van der Waals surface area contributed by atoms with Crippen molar-refractivity contribution in [1.29, 1.82) is 0 Å². The molecule has 24 heavy (non-hydrogen) atoms. The maximum absolute atomic E-state index is 12.4. The van der Waals surface area contributed by atoms with E-state index in [1.165, 1.54) is 23.1 Å². The highest BCUT2D eigenvalue weighted by molar-refractivity contribution is 6.33. The van der Waals surface area contributed by atoms with Crippen molar-refractivity contribution >= 4 is 29.1 Å². The summed E-state index contributed by atoms with van der Waals surface area (Å²) >= 11 is 5.84. The molecule has 0 aliphatic rings. The molecule has 1 aromatic heterocycles. The number of rotatable bonds is 5. The Morgan fingerprint density at radius 3 is 2.38 bits per heavy atom. The number of hydrogen-bond acceptors (Lipinski definition) is 6. The number of aromatic nitrogens is 2. The van der Waals surface area contributed by atoms with Gasteiger partial charge in [0.25, 0.3) is 11.6 Å². The summed E-state index contributed by atoms with van der Waals surface area (Å²) in [5.74, 6) is 0.276. The zero-order chi connectivity index (χ0) is 17.9. The van der Waals surface area contributed by atoms with Crippen LogP contribution >= 0.6 is 11.6 Å². The Kier molecular flexibility index (Phi) is 5.30. The smallest absolute Gasteiger partial charge is 0.287 e. The molecular formula is C15H16ClN5O3. The highest BCUT2D eigenvalue weighted by atomic mass is 35.5. The molecule has 0 spiro atoms. The number of anilines is 1. The Morgan fingerprint density at radius 1 is 1.25 bits per heavy atom. The topological polar surface area (TPSA) is 92.5 Å². The summed E-state index contributed by atoms with van der Waals surface area (Å²) in [6.45, 7) is 0.307. The maximum Gasteiger partial charge on any atom is 0.287 e. The third kappa shape index (κ3) is 3.96. The minimum absolute atomic E-state index is 0.0714. The second kappa shape index (κ2) is 7.22. The standard InChI is InChI=1S/C15H16ClN5O3/c1-19(2)15-17-7-10(8-18-15)9-20(3)14(22)11-4-5-13(21(23)24)12(16)6-11/h4-8H,9H2,1-3H3. The highest BCUT2D eigenvalue weighted by Crippen LogP contribution is 2.25. The number of amides is 1. The van der Waals surface area contributed by atoms with E-state index in [4.69, 9.17) is 11.6 Å². The van der Waals surface area contributed by atoms with Crippen LogP contribution in [-0.2, 0) is 6.54 Å². The fourth-order valence-corrected chi connectivity index (χ4v) is 2.26. The molecule has 8 nitrogen and oxygen atoms in total. The van der Waals surface area contributed by atoms with E-state index in [0.29, 0.717) is 12.5 Å². The van der Waals surface area contributed by atoms with Gasteiger partial charge in [0.2, 0.25) is 5.95 Å². The molecule has 0 radical (unpaired) electrons. The van der Waals surface area contributed by atoms with E-state index in [0.717, 1.165) is 5.56 Å². The van der Waals surface area contributed by atoms with Gasteiger partial charge in [-0.1, -0.05) is 11.6 Å². The van der Waals surface area contributed by atoms with Crippen LogP contribution in [0.5, 0.6) is 0 Å². The Bertz CT molecular complexity index is 764. The summed E-state index contributed by atoms with van der Waals surface area (Å²) in [5, 5.41) is 10.7. The van der Waals surface area contributed by atoms with Gasteiger partial charge in [-0.2, -0.15) is 0 Å². The molecule has 1 aromatic carbocycles. The van der Waals surface area contributed by atoms with Gasteiger partial charge < -0.3 is 9.80 Å². The molecule has 0 unspecified atom stereocenters. The van der Waals surface area contributed by atoms with E-state index in [2.05, 4.69) is 9.97 Å². The maximum atomic E-state index is 12.4. The van der Waals surface area contributed by atoms with Crippen LogP contribution in [0.4, 0.5) is 11.6 Å². The molecule has 1 amide bonds. The van der Waals surface area contributed by atoms with Crippen LogP contribution in [0.3, 0.4) is 0 Å². The second-order valence-corrected chi connectivity index (χ2v) is 5.78. The second-order valence-electron chi connectivity index (χ2n) is 5.37. The summed E-state index contributed by atoms with van der Waals surface area (Å²) in [6, 6.07) is 3.90. The number of nitrogens with zero attached hydrogens (tertiary/aromatic N) is 5. The van der Waals surface area contributed by atoms with E-state index in [1.807, 2.05) is 14.1 Å². The number of nitro benzene ring substituents is 1. The van der Waals surface area contributed by atoms with Gasteiger partial charge in [-0.15, -0.1) is 0 Å². The van der Waals surface area contributed by atoms with E-state index in [-0.39, 0.29) is 22.2 Å². The van der Waals surface area contributed by atoms with Crippen molar-refractivity contribution in [3.8, 4) is 0 Å². The lowest BCUT2D eigenvalue weighted by Gasteiger charge is -2.17. The highest BCUT2D eigenvalue weighted by Gasteiger charge is 2.18. The summed E-state index contributed by atoms with van der Waals surface area (Å²) in [7, 11) is 5.30. The number of halogens is 1. The SMILES string of the molecule is CN(Cc1cnc(N(C)C)nc1)C(=O)c1ccc([N+](=O)[O-])c(Cl)c1. The Morgan fingerprint density at radius 2 is 1.88 bits per heavy atom. The molecule has 2 aromatic rings. The average Bonchev–Trinajstić information content (AvgIpc) is 2.54. The Labute approximate surface area is 143 Å². The monoisotopic (exact) mass is 349 g/mol. The van der Waals surface area contributed by atoms with E-state index in [9.17, 15) is 14.9 Å². The Balaban J connectivity index is 2.11. The minimum Gasteiger partial charge on any atom is -0.347 e. The summed E-state index contributed by atoms with van der Waals surface area (Å²) in [5.41, 5.74) is 0.812. The fraction of sp³-hybridized carbons (Fsp3) is 0.267. The van der Waals surface area contributed by atoms with Crippen molar-refractivity contribution in [1.82, 2.24) is 14.9 Å². The van der Waals surface area contributed by atoms with Crippen LogP contribution in [0.15, 0.2) is 30.6 Å². The van der Waals surface area contributed by atoms with Gasteiger partial charge in [0, 0.05) is 57.3 Å². The van der Waals surface area contributed by atoms with Crippen LogP contribution in [0.25, 0.3) is 0 Å². The van der Waals surface area contributed by atoms with Crippen molar-refractivity contribution in [2.75, 3.05) is 26.0 Å². The molecule has 0 aliphatic heterocycles. The van der Waals surface area contributed by atoms with Gasteiger partial charge in [0.1, 0.15) is 5.02 Å². The van der Waals surface area contributed by atoms with Gasteiger partial charge in [-0.05, 0) is 12.1 Å². The normalized spacial score (nSPS) is 10.3. The quantitative estimate of drug-likeness (QED) is 0.607. The van der Waals surface area contributed by atoms with Gasteiger partial charge in [-0.25, -0.2) is 9.97 Å². The van der Waals surface area contributed by atoms with Crippen molar-refractivity contribution in [3.05, 3.63) is 56.9 Å². The molecule has 1 heterocycles. The van der Waals surface area contributed by atoms with Crippen molar-refractivity contribution in [3.63, 3.8) is 0 Å². The lowest BCUT2D eigenvalue weighted by Crippen LogP contribution is -2.26.